The van der Waals surface area contributed by atoms with Crippen LogP contribution in [0.5, 0.6) is 0 Å². The Morgan fingerprint density at radius 1 is 1.32 bits per heavy atom. The fraction of sp³-hybridized carbons (Fsp3) is 0.632. The second-order valence-corrected chi connectivity index (χ2v) is 6.88. The maximum absolute atomic E-state index is 13.2. The van der Waals surface area contributed by atoms with Gasteiger partial charge in [-0.3, -0.25) is 4.99 Å². The van der Waals surface area contributed by atoms with Crippen molar-refractivity contribution in [3.63, 3.8) is 0 Å². The lowest BCUT2D eigenvalue weighted by Crippen LogP contribution is -2.51. The Bertz CT molecular complexity index is 575. The first-order valence-electron chi connectivity index (χ1n) is 9.10. The summed E-state index contributed by atoms with van der Waals surface area (Å²) >= 11 is 0. The van der Waals surface area contributed by atoms with Crippen LogP contribution in [-0.2, 0) is 9.47 Å². The highest BCUT2D eigenvalue weighted by molar-refractivity contribution is 5.80. The first-order chi connectivity index (χ1) is 12.2. The lowest BCUT2D eigenvalue weighted by molar-refractivity contribution is -0.0605. The van der Waals surface area contributed by atoms with Crippen molar-refractivity contribution < 1.29 is 13.9 Å². The van der Waals surface area contributed by atoms with Gasteiger partial charge in [-0.1, -0.05) is 12.1 Å². The highest BCUT2D eigenvalue weighted by atomic mass is 19.1. The number of aliphatic imine (C=N–C) groups is 1. The minimum Gasteiger partial charge on any atom is -0.379 e. The highest BCUT2D eigenvalue weighted by Gasteiger charge is 2.28. The number of morpholine rings is 1. The quantitative estimate of drug-likeness (QED) is 0.487. The van der Waals surface area contributed by atoms with E-state index in [2.05, 4.69) is 22.1 Å². The van der Waals surface area contributed by atoms with Gasteiger partial charge in [0, 0.05) is 26.7 Å². The first kappa shape index (κ1) is 18.1. The second kappa shape index (κ2) is 8.63. The second-order valence-electron chi connectivity index (χ2n) is 6.88. The number of hydrogen-bond acceptors (Lipinski definition) is 3. The van der Waals surface area contributed by atoms with E-state index in [1.807, 2.05) is 0 Å². The Morgan fingerprint density at radius 3 is 2.76 bits per heavy atom. The zero-order valence-electron chi connectivity index (χ0n) is 15.1. The van der Waals surface area contributed by atoms with E-state index in [1.165, 1.54) is 25.0 Å². The third-order valence-corrected chi connectivity index (χ3v) is 4.59. The zero-order valence-corrected chi connectivity index (χ0v) is 15.1. The Labute approximate surface area is 149 Å². The predicted molar refractivity (Wildman–Crippen MR) is 96.2 cm³/mol. The maximum atomic E-state index is 13.2. The summed E-state index contributed by atoms with van der Waals surface area (Å²) in [6.07, 6.45) is 2.61. The van der Waals surface area contributed by atoms with E-state index in [0.29, 0.717) is 13.2 Å². The third kappa shape index (κ3) is 5.41. The molecule has 2 aliphatic rings. The van der Waals surface area contributed by atoms with E-state index in [9.17, 15) is 4.39 Å². The van der Waals surface area contributed by atoms with Gasteiger partial charge >= 0.3 is 0 Å². The van der Waals surface area contributed by atoms with Crippen LogP contribution in [0, 0.1) is 11.7 Å². The molecular formula is C19H28FN3O2. The van der Waals surface area contributed by atoms with Gasteiger partial charge in [-0.15, -0.1) is 0 Å². The molecule has 1 aliphatic carbocycles. The molecule has 2 atom stereocenters. The minimum absolute atomic E-state index is 0.0773. The van der Waals surface area contributed by atoms with Crippen LogP contribution in [0.4, 0.5) is 4.39 Å². The Kier molecular flexibility index (Phi) is 6.26. The van der Waals surface area contributed by atoms with Crippen molar-refractivity contribution in [3.8, 4) is 0 Å². The van der Waals surface area contributed by atoms with Gasteiger partial charge in [-0.05, 0) is 43.4 Å². The van der Waals surface area contributed by atoms with Crippen molar-refractivity contribution in [2.75, 3.05) is 39.9 Å². The molecule has 5 nitrogen and oxygen atoms in total. The average Bonchev–Trinajstić information content (AvgIpc) is 3.42. The Morgan fingerprint density at radius 2 is 2.08 bits per heavy atom. The topological polar surface area (TPSA) is 46.1 Å². The summed E-state index contributed by atoms with van der Waals surface area (Å²) < 4.78 is 24.9. The van der Waals surface area contributed by atoms with Crippen LogP contribution in [0.3, 0.4) is 0 Å². The van der Waals surface area contributed by atoms with E-state index >= 15 is 0 Å². The minimum atomic E-state index is -0.229. The molecule has 138 valence electrons. The summed E-state index contributed by atoms with van der Waals surface area (Å²) in [4.78, 5) is 6.59. The van der Waals surface area contributed by atoms with Crippen molar-refractivity contribution in [2.45, 2.75) is 32.0 Å². The molecule has 0 aromatic heterocycles. The molecular weight excluding hydrogens is 321 g/mol. The van der Waals surface area contributed by atoms with Crippen LogP contribution in [0.1, 0.15) is 31.4 Å². The van der Waals surface area contributed by atoms with Crippen LogP contribution in [0.2, 0.25) is 0 Å². The molecule has 0 spiro atoms. The number of nitrogens with one attached hydrogen (secondary N) is 1. The average molecular weight is 349 g/mol. The van der Waals surface area contributed by atoms with Crippen molar-refractivity contribution >= 4 is 5.96 Å². The van der Waals surface area contributed by atoms with Crippen LogP contribution in [0.15, 0.2) is 29.3 Å². The van der Waals surface area contributed by atoms with Crippen LogP contribution in [0.25, 0.3) is 0 Å². The summed E-state index contributed by atoms with van der Waals surface area (Å²) in [5, 5.41) is 3.37. The van der Waals surface area contributed by atoms with E-state index in [0.717, 1.165) is 37.1 Å². The van der Waals surface area contributed by atoms with Gasteiger partial charge in [0.05, 0.1) is 19.3 Å². The van der Waals surface area contributed by atoms with Crippen molar-refractivity contribution in [2.24, 2.45) is 10.9 Å². The van der Waals surface area contributed by atoms with Crippen molar-refractivity contribution in [3.05, 3.63) is 35.6 Å². The molecule has 1 aromatic carbocycles. The number of rotatable bonds is 6. The standard InChI is InChI=1S/C19H28FN3O2/c1-14-11-23(12-18(25-14)16-5-7-17(20)8-6-16)19(21-2)22-9-10-24-13-15-3-4-15/h5-8,14-15,18H,3-4,9-13H2,1-2H3,(H,21,22). The fourth-order valence-corrected chi connectivity index (χ4v) is 3.09. The lowest BCUT2D eigenvalue weighted by Gasteiger charge is -2.38. The van der Waals surface area contributed by atoms with E-state index in [-0.39, 0.29) is 18.0 Å². The summed E-state index contributed by atoms with van der Waals surface area (Å²) in [7, 11) is 1.79. The molecule has 0 amide bonds. The molecule has 3 rings (SSSR count). The predicted octanol–water partition coefficient (Wildman–Crippen LogP) is 2.59. The highest BCUT2D eigenvalue weighted by Crippen LogP contribution is 2.28. The Balaban J connectivity index is 1.52. The maximum Gasteiger partial charge on any atom is 0.193 e. The molecule has 1 N–H and O–H groups in total. The molecule has 1 heterocycles. The first-order valence-corrected chi connectivity index (χ1v) is 9.10. The SMILES string of the molecule is CN=C(NCCOCC1CC1)N1CC(C)OC(c2ccc(F)cc2)C1. The van der Waals surface area contributed by atoms with Crippen LogP contribution < -0.4 is 5.32 Å². The summed E-state index contributed by atoms with van der Waals surface area (Å²) in [5.74, 6) is 1.42. The largest absolute Gasteiger partial charge is 0.379 e. The fourth-order valence-electron chi connectivity index (χ4n) is 3.09. The normalized spacial score (nSPS) is 24.4. The summed E-state index contributed by atoms with van der Waals surface area (Å²) in [6.45, 7) is 5.83. The smallest absolute Gasteiger partial charge is 0.193 e. The van der Waals surface area contributed by atoms with E-state index < -0.39 is 0 Å². The lowest BCUT2D eigenvalue weighted by atomic mass is 10.1. The number of hydrogen-bond donors (Lipinski definition) is 1. The number of nitrogens with zero attached hydrogens (tertiary/aromatic N) is 2. The van der Waals surface area contributed by atoms with Crippen molar-refractivity contribution in [1.29, 1.82) is 0 Å². The summed E-state index contributed by atoms with van der Waals surface area (Å²) in [6, 6.07) is 6.54. The van der Waals surface area contributed by atoms with Gasteiger partial charge in [0.1, 0.15) is 11.9 Å². The molecule has 1 aromatic rings. The number of guanidine groups is 1. The molecule has 1 aliphatic heterocycles. The third-order valence-electron chi connectivity index (χ3n) is 4.59. The van der Waals surface area contributed by atoms with Gasteiger partial charge in [0.15, 0.2) is 5.96 Å². The number of benzene rings is 1. The molecule has 6 heteroatoms. The molecule has 0 bridgehead atoms. The molecule has 1 saturated heterocycles. The van der Waals surface area contributed by atoms with Gasteiger partial charge < -0.3 is 19.7 Å². The van der Waals surface area contributed by atoms with Crippen molar-refractivity contribution in [1.82, 2.24) is 10.2 Å². The molecule has 2 fully saturated rings. The summed E-state index contributed by atoms with van der Waals surface area (Å²) in [5.41, 5.74) is 0.987. The van der Waals surface area contributed by atoms with E-state index in [1.54, 1.807) is 19.2 Å². The van der Waals surface area contributed by atoms with E-state index in [4.69, 9.17) is 9.47 Å². The molecule has 2 unspecified atom stereocenters. The monoisotopic (exact) mass is 349 g/mol. The molecule has 25 heavy (non-hydrogen) atoms. The van der Waals surface area contributed by atoms with Crippen LogP contribution >= 0.6 is 0 Å². The van der Waals surface area contributed by atoms with Gasteiger partial charge in [0.25, 0.3) is 0 Å². The number of ether oxygens (including phenoxy) is 2. The molecule has 1 saturated carbocycles. The number of halogens is 1. The molecule has 0 radical (unpaired) electrons. The van der Waals surface area contributed by atoms with Gasteiger partial charge in [0.2, 0.25) is 0 Å². The van der Waals surface area contributed by atoms with Gasteiger partial charge in [-0.25, -0.2) is 4.39 Å². The van der Waals surface area contributed by atoms with Crippen LogP contribution in [-0.4, -0.2) is 56.9 Å². The zero-order chi connectivity index (χ0) is 17.6. The Hall–Kier alpha value is -1.66. The van der Waals surface area contributed by atoms with Gasteiger partial charge in [-0.2, -0.15) is 0 Å².